The van der Waals surface area contributed by atoms with E-state index in [9.17, 15) is 4.79 Å². The minimum Gasteiger partial charge on any atom is -0.368 e. The standard InChI is InChI=1S/C8H14O2/c1-8(7-9)5-3-2-4-6-10-8/h7H,2-6H2,1H3. The third kappa shape index (κ3) is 1.81. The van der Waals surface area contributed by atoms with Crippen molar-refractivity contribution in [2.45, 2.75) is 38.2 Å². The Hall–Kier alpha value is -0.370. The summed E-state index contributed by atoms with van der Waals surface area (Å²) < 4.78 is 5.37. The van der Waals surface area contributed by atoms with Gasteiger partial charge in [-0.05, 0) is 19.8 Å². The molecule has 0 aromatic rings. The Kier molecular flexibility index (Phi) is 2.44. The SMILES string of the molecule is CC1(C=O)CCCCCO1. The molecule has 1 saturated heterocycles. The highest BCUT2D eigenvalue weighted by molar-refractivity contribution is 5.61. The quantitative estimate of drug-likeness (QED) is 0.519. The van der Waals surface area contributed by atoms with Gasteiger partial charge in [0.15, 0.2) is 6.29 Å². The van der Waals surface area contributed by atoms with Gasteiger partial charge < -0.3 is 9.53 Å². The minimum atomic E-state index is -0.476. The first-order chi connectivity index (χ1) is 4.77. The van der Waals surface area contributed by atoms with Crippen molar-refractivity contribution >= 4 is 6.29 Å². The van der Waals surface area contributed by atoms with Crippen molar-refractivity contribution in [3.05, 3.63) is 0 Å². The van der Waals surface area contributed by atoms with Crippen molar-refractivity contribution < 1.29 is 9.53 Å². The van der Waals surface area contributed by atoms with E-state index in [0.717, 1.165) is 32.2 Å². The Morgan fingerprint density at radius 3 is 2.90 bits per heavy atom. The van der Waals surface area contributed by atoms with Gasteiger partial charge in [-0.25, -0.2) is 0 Å². The van der Waals surface area contributed by atoms with Crippen molar-refractivity contribution in [2.24, 2.45) is 0 Å². The van der Waals surface area contributed by atoms with Gasteiger partial charge >= 0.3 is 0 Å². The third-order valence-corrected chi connectivity index (χ3v) is 2.00. The molecule has 2 heteroatoms. The first-order valence-corrected chi connectivity index (χ1v) is 3.87. The average molecular weight is 142 g/mol. The molecule has 0 bridgehead atoms. The van der Waals surface area contributed by atoms with Crippen LogP contribution in [-0.2, 0) is 9.53 Å². The lowest BCUT2D eigenvalue weighted by Crippen LogP contribution is -2.29. The summed E-state index contributed by atoms with van der Waals surface area (Å²) in [5, 5.41) is 0. The fraction of sp³-hybridized carbons (Fsp3) is 0.875. The molecule has 1 rings (SSSR count). The number of hydrogen-bond donors (Lipinski definition) is 0. The summed E-state index contributed by atoms with van der Waals surface area (Å²) in [6.45, 7) is 2.61. The van der Waals surface area contributed by atoms with E-state index in [4.69, 9.17) is 4.74 Å². The lowest BCUT2D eigenvalue weighted by Gasteiger charge is -2.20. The van der Waals surface area contributed by atoms with Crippen LogP contribution in [0.5, 0.6) is 0 Å². The zero-order valence-electron chi connectivity index (χ0n) is 6.43. The van der Waals surface area contributed by atoms with Crippen molar-refractivity contribution in [3.63, 3.8) is 0 Å². The Bertz CT molecular complexity index is 112. The number of hydrogen-bond acceptors (Lipinski definition) is 2. The lowest BCUT2D eigenvalue weighted by molar-refractivity contribution is -0.128. The fourth-order valence-corrected chi connectivity index (χ4v) is 1.23. The second-order valence-corrected chi connectivity index (χ2v) is 3.09. The molecular weight excluding hydrogens is 128 g/mol. The van der Waals surface area contributed by atoms with Crippen LogP contribution in [0.4, 0.5) is 0 Å². The first kappa shape index (κ1) is 7.73. The number of carbonyl (C=O) groups excluding carboxylic acids is 1. The summed E-state index contributed by atoms with van der Waals surface area (Å²) >= 11 is 0. The van der Waals surface area contributed by atoms with Crippen molar-refractivity contribution in [1.29, 1.82) is 0 Å². The molecule has 0 radical (unpaired) electrons. The van der Waals surface area contributed by atoms with Gasteiger partial charge in [0, 0.05) is 6.61 Å². The van der Waals surface area contributed by atoms with E-state index >= 15 is 0 Å². The monoisotopic (exact) mass is 142 g/mol. The normalized spacial score (nSPS) is 34.9. The second kappa shape index (κ2) is 3.15. The number of aldehydes is 1. The van der Waals surface area contributed by atoms with E-state index in [1.807, 2.05) is 6.92 Å². The molecule has 0 spiro atoms. The van der Waals surface area contributed by atoms with Gasteiger partial charge in [-0.2, -0.15) is 0 Å². The van der Waals surface area contributed by atoms with Crippen LogP contribution >= 0.6 is 0 Å². The minimum absolute atomic E-state index is 0.476. The van der Waals surface area contributed by atoms with Crippen LogP contribution in [0.15, 0.2) is 0 Å². The molecule has 0 saturated carbocycles. The number of ether oxygens (including phenoxy) is 1. The Balaban J connectivity index is 2.48. The summed E-state index contributed by atoms with van der Waals surface area (Å²) in [4.78, 5) is 10.5. The molecule has 0 aromatic heterocycles. The molecule has 1 unspecified atom stereocenters. The van der Waals surface area contributed by atoms with E-state index in [0.29, 0.717) is 0 Å². The van der Waals surface area contributed by atoms with Crippen LogP contribution in [0.25, 0.3) is 0 Å². The highest BCUT2D eigenvalue weighted by Gasteiger charge is 2.25. The van der Waals surface area contributed by atoms with Crippen molar-refractivity contribution in [3.8, 4) is 0 Å². The summed E-state index contributed by atoms with van der Waals surface area (Å²) in [5.41, 5.74) is -0.476. The molecule has 1 atom stereocenters. The summed E-state index contributed by atoms with van der Waals surface area (Å²) in [5.74, 6) is 0. The predicted octanol–water partition coefficient (Wildman–Crippen LogP) is 1.53. The van der Waals surface area contributed by atoms with E-state index < -0.39 is 5.60 Å². The summed E-state index contributed by atoms with van der Waals surface area (Å²) in [7, 11) is 0. The zero-order chi connectivity index (χ0) is 7.45. The van der Waals surface area contributed by atoms with E-state index in [1.165, 1.54) is 6.42 Å². The maximum atomic E-state index is 10.5. The van der Waals surface area contributed by atoms with Gasteiger partial charge in [0.25, 0.3) is 0 Å². The van der Waals surface area contributed by atoms with Gasteiger partial charge in [-0.15, -0.1) is 0 Å². The van der Waals surface area contributed by atoms with Crippen LogP contribution in [0, 0.1) is 0 Å². The van der Waals surface area contributed by atoms with Crippen molar-refractivity contribution in [2.75, 3.05) is 6.61 Å². The largest absolute Gasteiger partial charge is 0.368 e. The smallest absolute Gasteiger partial charge is 0.151 e. The maximum Gasteiger partial charge on any atom is 0.151 e. The lowest BCUT2D eigenvalue weighted by atomic mass is 10.0. The van der Waals surface area contributed by atoms with Gasteiger partial charge in [0.05, 0.1) is 0 Å². The highest BCUT2D eigenvalue weighted by atomic mass is 16.5. The van der Waals surface area contributed by atoms with Crippen LogP contribution in [0.3, 0.4) is 0 Å². The molecule has 0 N–H and O–H groups in total. The molecule has 2 nitrogen and oxygen atoms in total. The van der Waals surface area contributed by atoms with Crippen LogP contribution < -0.4 is 0 Å². The highest BCUT2D eigenvalue weighted by Crippen LogP contribution is 2.21. The molecular formula is C8H14O2. The number of rotatable bonds is 1. The molecule has 0 amide bonds. The van der Waals surface area contributed by atoms with Gasteiger partial charge in [-0.1, -0.05) is 12.8 Å². The fourth-order valence-electron chi connectivity index (χ4n) is 1.23. The molecule has 58 valence electrons. The molecule has 0 aromatic carbocycles. The Morgan fingerprint density at radius 2 is 2.20 bits per heavy atom. The topological polar surface area (TPSA) is 26.3 Å². The predicted molar refractivity (Wildman–Crippen MR) is 38.9 cm³/mol. The molecule has 10 heavy (non-hydrogen) atoms. The Labute approximate surface area is 61.6 Å². The molecule has 1 fully saturated rings. The molecule has 1 aliphatic rings. The third-order valence-electron chi connectivity index (χ3n) is 2.00. The van der Waals surface area contributed by atoms with Crippen LogP contribution in [0.1, 0.15) is 32.6 Å². The maximum absolute atomic E-state index is 10.5. The van der Waals surface area contributed by atoms with Crippen LogP contribution in [-0.4, -0.2) is 18.5 Å². The summed E-state index contributed by atoms with van der Waals surface area (Å²) in [6.07, 6.45) is 5.23. The number of carbonyl (C=O) groups is 1. The van der Waals surface area contributed by atoms with Crippen LogP contribution in [0.2, 0.25) is 0 Å². The van der Waals surface area contributed by atoms with E-state index in [1.54, 1.807) is 0 Å². The van der Waals surface area contributed by atoms with E-state index in [2.05, 4.69) is 0 Å². The van der Waals surface area contributed by atoms with Gasteiger partial charge in [0.1, 0.15) is 5.60 Å². The average Bonchev–Trinajstić information content (AvgIpc) is 2.15. The zero-order valence-corrected chi connectivity index (χ0v) is 6.43. The second-order valence-electron chi connectivity index (χ2n) is 3.09. The van der Waals surface area contributed by atoms with Gasteiger partial charge in [-0.3, -0.25) is 0 Å². The molecule has 0 aliphatic carbocycles. The first-order valence-electron chi connectivity index (χ1n) is 3.87. The van der Waals surface area contributed by atoms with Crippen molar-refractivity contribution in [1.82, 2.24) is 0 Å². The molecule has 1 aliphatic heterocycles. The summed E-state index contributed by atoms with van der Waals surface area (Å²) in [6, 6.07) is 0. The van der Waals surface area contributed by atoms with E-state index in [-0.39, 0.29) is 0 Å². The Morgan fingerprint density at radius 1 is 1.40 bits per heavy atom. The van der Waals surface area contributed by atoms with Gasteiger partial charge in [0.2, 0.25) is 0 Å². The molecule has 1 heterocycles.